The van der Waals surface area contributed by atoms with Crippen LogP contribution in [0.2, 0.25) is 0 Å². The van der Waals surface area contributed by atoms with Crippen molar-refractivity contribution in [3.8, 4) is 0 Å². The van der Waals surface area contributed by atoms with Crippen LogP contribution in [-0.2, 0) is 10.0 Å². The molecule has 2 heterocycles. The molecule has 0 aromatic rings. The topological polar surface area (TPSA) is 49.4 Å². The summed E-state index contributed by atoms with van der Waals surface area (Å²) in [6.45, 7) is 10.3. The third kappa shape index (κ3) is 4.93. The molecule has 0 aliphatic carbocycles. The van der Waals surface area contributed by atoms with Crippen molar-refractivity contribution in [3.05, 3.63) is 0 Å². The van der Waals surface area contributed by atoms with Gasteiger partial charge in [-0.2, -0.15) is 0 Å². The number of nitrogens with one attached hydrogen (secondary N) is 1. The first-order chi connectivity index (χ1) is 9.79. The maximum Gasteiger partial charge on any atom is 0.214 e. The van der Waals surface area contributed by atoms with Crippen molar-refractivity contribution in [1.29, 1.82) is 0 Å². The van der Waals surface area contributed by atoms with Crippen molar-refractivity contribution < 1.29 is 8.42 Å². The predicted octanol–water partition coefficient (Wildman–Crippen LogP) is 2.46. The van der Waals surface area contributed by atoms with Gasteiger partial charge in [0.25, 0.3) is 0 Å². The van der Waals surface area contributed by atoms with Crippen molar-refractivity contribution in [2.75, 3.05) is 31.9 Å². The number of rotatable bonds is 4. The Morgan fingerprint density at radius 3 is 2.14 bits per heavy atom. The molecule has 0 aromatic carbocycles. The van der Waals surface area contributed by atoms with E-state index in [0.29, 0.717) is 23.0 Å². The van der Waals surface area contributed by atoms with Crippen molar-refractivity contribution in [2.45, 2.75) is 52.9 Å². The van der Waals surface area contributed by atoms with E-state index >= 15 is 0 Å². The van der Waals surface area contributed by atoms with Crippen LogP contribution in [0.3, 0.4) is 0 Å². The van der Waals surface area contributed by atoms with Gasteiger partial charge in [-0.25, -0.2) is 12.7 Å². The molecule has 2 aliphatic heterocycles. The SMILES string of the molecule is CC(C)(C)C1CCN(S(=O)(=O)CCC2CCNCC2)CC1. The number of nitrogens with zero attached hydrogens (tertiary/aromatic N) is 1. The van der Waals surface area contributed by atoms with Crippen LogP contribution >= 0.6 is 0 Å². The summed E-state index contributed by atoms with van der Waals surface area (Å²) in [6.07, 6.45) is 5.11. The van der Waals surface area contributed by atoms with E-state index in [9.17, 15) is 8.42 Å². The van der Waals surface area contributed by atoms with Crippen LogP contribution in [0.4, 0.5) is 0 Å². The fourth-order valence-electron chi connectivity index (χ4n) is 3.62. The Morgan fingerprint density at radius 2 is 1.62 bits per heavy atom. The zero-order valence-corrected chi connectivity index (χ0v) is 14.7. The van der Waals surface area contributed by atoms with Crippen LogP contribution in [0.5, 0.6) is 0 Å². The van der Waals surface area contributed by atoms with Gasteiger partial charge in [-0.15, -0.1) is 0 Å². The minimum Gasteiger partial charge on any atom is -0.317 e. The van der Waals surface area contributed by atoms with Gasteiger partial charge in [0.2, 0.25) is 10.0 Å². The van der Waals surface area contributed by atoms with E-state index < -0.39 is 10.0 Å². The number of piperidine rings is 2. The molecule has 0 radical (unpaired) electrons. The van der Waals surface area contributed by atoms with Crippen molar-refractivity contribution >= 4 is 10.0 Å². The van der Waals surface area contributed by atoms with Gasteiger partial charge in [0.05, 0.1) is 5.75 Å². The lowest BCUT2D eigenvalue weighted by atomic mass is 9.76. The molecular formula is C16H32N2O2S. The molecule has 21 heavy (non-hydrogen) atoms. The normalized spacial score (nSPS) is 24.3. The maximum atomic E-state index is 12.5. The van der Waals surface area contributed by atoms with E-state index in [1.807, 2.05) is 0 Å². The highest BCUT2D eigenvalue weighted by atomic mass is 32.2. The Hall–Kier alpha value is -0.130. The molecule has 2 saturated heterocycles. The monoisotopic (exact) mass is 316 g/mol. The molecule has 2 rings (SSSR count). The Kier molecular flexibility index (Phi) is 5.71. The molecule has 0 atom stereocenters. The molecule has 0 amide bonds. The van der Waals surface area contributed by atoms with Crippen LogP contribution in [0.1, 0.15) is 52.9 Å². The average molecular weight is 317 g/mol. The van der Waals surface area contributed by atoms with Gasteiger partial charge in [-0.1, -0.05) is 20.8 Å². The van der Waals surface area contributed by atoms with Gasteiger partial charge in [0.15, 0.2) is 0 Å². The second-order valence-electron chi connectivity index (χ2n) is 7.84. The van der Waals surface area contributed by atoms with Crippen molar-refractivity contribution in [2.24, 2.45) is 17.3 Å². The van der Waals surface area contributed by atoms with E-state index in [4.69, 9.17) is 0 Å². The Balaban J connectivity index is 1.80. The maximum absolute atomic E-state index is 12.5. The number of hydrogen-bond acceptors (Lipinski definition) is 3. The summed E-state index contributed by atoms with van der Waals surface area (Å²) < 4.78 is 26.7. The summed E-state index contributed by atoms with van der Waals surface area (Å²) in [5.41, 5.74) is 0.297. The predicted molar refractivity (Wildman–Crippen MR) is 87.7 cm³/mol. The molecule has 4 nitrogen and oxygen atoms in total. The first kappa shape index (κ1) is 17.2. The highest BCUT2D eigenvalue weighted by Crippen LogP contribution is 2.35. The summed E-state index contributed by atoms with van der Waals surface area (Å²) in [7, 11) is -3.04. The Labute approximate surface area is 130 Å². The van der Waals surface area contributed by atoms with Crippen molar-refractivity contribution in [1.82, 2.24) is 9.62 Å². The molecule has 2 aliphatic rings. The minimum atomic E-state index is -3.04. The summed E-state index contributed by atoms with van der Waals surface area (Å²) in [6, 6.07) is 0. The second kappa shape index (κ2) is 6.97. The molecule has 0 aromatic heterocycles. The lowest BCUT2D eigenvalue weighted by Crippen LogP contribution is -2.42. The lowest BCUT2D eigenvalue weighted by Gasteiger charge is -2.38. The van der Waals surface area contributed by atoms with E-state index in [1.165, 1.54) is 0 Å². The highest BCUT2D eigenvalue weighted by molar-refractivity contribution is 7.89. The number of sulfonamides is 1. The molecule has 1 N–H and O–H groups in total. The third-order valence-corrected chi connectivity index (χ3v) is 7.22. The molecule has 0 bridgehead atoms. The van der Waals surface area contributed by atoms with Gasteiger partial charge in [0.1, 0.15) is 0 Å². The summed E-state index contributed by atoms with van der Waals surface area (Å²) in [4.78, 5) is 0. The van der Waals surface area contributed by atoms with Gasteiger partial charge in [0, 0.05) is 13.1 Å². The van der Waals surface area contributed by atoms with Crippen LogP contribution in [0, 0.1) is 17.3 Å². The molecule has 124 valence electrons. The summed E-state index contributed by atoms with van der Waals surface area (Å²) in [5.74, 6) is 1.58. The summed E-state index contributed by atoms with van der Waals surface area (Å²) in [5, 5.41) is 3.33. The van der Waals surface area contributed by atoms with E-state index in [1.54, 1.807) is 4.31 Å². The lowest BCUT2D eigenvalue weighted by molar-refractivity contribution is 0.154. The highest BCUT2D eigenvalue weighted by Gasteiger charge is 2.33. The Bertz CT molecular complexity index is 414. The minimum absolute atomic E-state index is 0.297. The van der Waals surface area contributed by atoms with E-state index in [0.717, 1.165) is 58.3 Å². The Morgan fingerprint density at radius 1 is 1.05 bits per heavy atom. The molecule has 2 fully saturated rings. The smallest absolute Gasteiger partial charge is 0.214 e. The van der Waals surface area contributed by atoms with Gasteiger partial charge >= 0.3 is 0 Å². The standard InChI is InChI=1S/C16H32N2O2S/c1-16(2,3)15-6-11-18(12-7-15)21(19,20)13-8-14-4-9-17-10-5-14/h14-15,17H,4-13H2,1-3H3. The van der Waals surface area contributed by atoms with Crippen LogP contribution in [0.25, 0.3) is 0 Å². The second-order valence-corrected chi connectivity index (χ2v) is 9.93. The van der Waals surface area contributed by atoms with E-state index in [-0.39, 0.29) is 0 Å². The largest absolute Gasteiger partial charge is 0.317 e. The number of hydrogen-bond donors (Lipinski definition) is 1. The average Bonchev–Trinajstić information content (AvgIpc) is 2.46. The third-order valence-electron chi connectivity index (χ3n) is 5.31. The van der Waals surface area contributed by atoms with Crippen molar-refractivity contribution in [3.63, 3.8) is 0 Å². The quantitative estimate of drug-likeness (QED) is 0.867. The molecule has 5 heteroatoms. The van der Waals surface area contributed by atoms with Gasteiger partial charge in [-0.3, -0.25) is 0 Å². The molecular weight excluding hydrogens is 284 g/mol. The van der Waals surface area contributed by atoms with Crippen LogP contribution in [0.15, 0.2) is 0 Å². The van der Waals surface area contributed by atoms with Crippen LogP contribution in [-0.4, -0.2) is 44.7 Å². The van der Waals surface area contributed by atoms with E-state index in [2.05, 4.69) is 26.1 Å². The first-order valence-electron chi connectivity index (χ1n) is 8.47. The zero-order chi connectivity index (χ0) is 15.5. The van der Waals surface area contributed by atoms with Crippen LogP contribution < -0.4 is 5.32 Å². The molecule has 0 spiro atoms. The van der Waals surface area contributed by atoms with Gasteiger partial charge in [-0.05, 0) is 62.4 Å². The zero-order valence-electron chi connectivity index (χ0n) is 13.9. The molecule has 0 unspecified atom stereocenters. The molecule has 0 saturated carbocycles. The fraction of sp³-hybridized carbons (Fsp3) is 1.00. The first-order valence-corrected chi connectivity index (χ1v) is 10.1. The summed E-state index contributed by atoms with van der Waals surface area (Å²) >= 11 is 0. The van der Waals surface area contributed by atoms with Gasteiger partial charge < -0.3 is 5.32 Å². The fourth-order valence-corrected chi connectivity index (χ4v) is 5.27.